The molecule has 0 unspecified atom stereocenters. The van der Waals surface area contributed by atoms with Crippen molar-refractivity contribution in [2.75, 3.05) is 25.9 Å². The van der Waals surface area contributed by atoms with Gasteiger partial charge in [-0.15, -0.1) is 0 Å². The number of nitrogens with zero attached hydrogens (tertiary/aromatic N) is 4. The lowest BCUT2D eigenvalue weighted by atomic mass is 9.91. The number of piperidine rings is 1. The van der Waals surface area contributed by atoms with E-state index in [1.165, 1.54) is 6.20 Å². The molecule has 8 heteroatoms. The number of aromatic nitrogens is 4. The van der Waals surface area contributed by atoms with Gasteiger partial charge in [-0.25, -0.2) is 14.8 Å². The standard InChI is InChI=1S/C14H18N6O2/c1-20-4-2-8(3-5-20)11-9(6-17-19-11)10-7-16-13(15)12(18-10)14(21)22/h6-8H,2-5H2,1H3,(H2,15,16)(H,17,19)(H,21,22). The molecular formula is C14H18N6O2. The normalized spacial score (nSPS) is 16.8. The molecule has 2 aromatic rings. The van der Waals surface area contributed by atoms with E-state index in [4.69, 9.17) is 10.8 Å². The molecular weight excluding hydrogens is 284 g/mol. The molecule has 0 aromatic carbocycles. The molecule has 0 bridgehead atoms. The van der Waals surface area contributed by atoms with E-state index in [-0.39, 0.29) is 11.5 Å². The Bertz CT molecular complexity index is 690. The second-order valence-electron chi connectivity index (χ2n) is 5.56. The molecule has 4 N–H and O–H groups in total. The molecule has 1 fully saturated rings. The van der Waals surface area contributed by atoms with E-state index >= 15 is 0 Å². The van der Waals surface area contributed by atoms with Crippen LogP contribution >= 0.6 is 0 Å². The number of likely N-dealkylation sites (tertiary alicyclic amines) is 1. The van der Waals surface area contributed by atoms with Gasteiger partial charge in [-0.1, -0.05) is 0 Å². The highest BCUT2D eigenvalue weighted by Crippen LogP contribution is 2.32. The second-order valence-corrected chi connectivity index (χ2v) is 5.56. The molecule has 2 aromatic heterocycles. The van der Waals surface area contributed by atoms with Crippen molar-refractivity contribution < 1.29 is 9.90 Å². The topological polar surface area (TPSA) is 121 Å². The Morgan fingerprint density at radius 1 is 1.45 bits per heavy atom. The Kier molecular flexibility index (Phi) is 3.76. The van der Waals surface area contributed by atoms with Gasteiger partial charge < -0.3 is 15.7 Å². The highest BCUT2D eigenvalue weighted by molar-refractivity contribution is 5.90. The van der Waals surface area contributed by atoms with Crippen molar-refractivity contribution >= 4 is 11.8 Å². The Labute approximate surface area is 127 Å². The summed E-state index contributed by atoms with van der Waals surface area (Å²) in [6.45, 7) is 2.04. The summed E-state index contributed by atoms with van der Waals surface area (Å²) in [6, 6.07) is 0. The van der Waals surface area contributed by atoms with Crippen LogP contribution in [0.4, 0.5) is 5.82 Å². The second kappa shape index (κ2) is 5.72. The summed E-state index contributed by atoms with van der Waals surface area (Å²) in [4.78, 5) is 21.5. The number of nitrogens with one attached hydrogen (secondary N) is 1. The van der Waals surface area contributed by atoms with Crippen LogP contribution in [-0.2, 0) is 0 Å². The smallest absolute Gasteiger partial charge is 0.358 e. The van der Waals surface area contributed by atoms with E-state index < -0.39 is 5.97 Å². The zero-order chi connectivity index (χ0) is 15.7. The summed E-state index contributed by atoms with van der Waals surface area (Å²) < 4.78 is 0. The van der Waals surface area contributed by atoms with Crippen LogP contribution in [0.2, 0.25) is 0 Å². The summed E-state index contributed by atoms with van der Waals surface area (Å²) in [7, 11) is 2.10. The predicted octanol–water partition coefficient (Wildman–Crippen LogP) is 0.956. The van der Waals surface area contributed by atoms with Gasteiger partial charge in [-0.2, -0.15) is 5.10 Å². The van der Waals surface area contributed by atoms with Crippen molar-refractivity contribution in [1.29, 1.82) is 0 Å². The van der Waals surface area contributed by atoms with Gasteiger partial charge in [0, 0.05) is 17.7 Å². The van der Waals surface area contributed by atoms with Gasteiger partial charge in [0.2, 0.25) is 0 Å². The summed E-state index contributed by atoms with van der Waals surface area (Å²) in [5, 5.41) is 16.3. The molecule has 1 saturated heterocycles. The number of anilines is 1. The summed E-state index contributed by atoms with van der Waals surface area (Å²) in [5.74, 6) is -0.929. The fraction of sp³-hybridized carbons (Fsp3) is 0.429. The largest absolute Gasteiger partial charge is 0.476 e. The van der Waals surface area contributed by atoms with E-state index in [9.17, 15) is 4.79 Å². The van der Waals surface area contributed by atoms with Crippen molar-refractivity contribution in [3.8, 4) is 11.3 Å². The van der Waals surface area contributed by atoms with Crippen LogP contribution in [-0.4, -0.2) is 56.3 Å². The molecule has 3 rings (SSSR count). The monoisotopic (exact) mass is 302 g/mol. The Morgan fingerprint density at radius 2 is 2.18 bits per heavy atom. The lowest BCUT2D eigenvalue weighted by molar-refractivity contribution is 0.0691. The number of nitrogens with two attached hydrogens (primary N) is 1. The zero-order valence-electron chi connectivity index (χ0n) is 12.3. The first-order valence-corrected chi connectivity index (χ1v) is 7.14. The van der Waals surface area contributed by atoms with E-state index in [2.05, 4.69) is 32.1 Å². The maximum absolute atomic E-state index is 11.2. The molecule has 8 nitrogen and oxygen atoms in total. The number of nitrogen functional groups attached to an aromatic ring is 1. The molecule has 22 heavy (non-hydrogen) atoms. The van der Waals surface area contributed by atoms with E-state index in [1.807, 2.05) is 0 Å². The average molecular weight is 302 g/mol. The van der Waals surface area contributed by atoms with Gasteiger partial charge in [0.15, 0.2) is 11.5 Å². The Hall–Kier alpha value is -2.48. The quantitative estimate of drug-likeness (QED) is 0.772. The van der Waals surface area contributed by atoms with Crippen molar-refractivity contribution in [2.45, 2.75) is 18.8 Å². The van der Waals surface area contributed by atoms with Gasteiger partial charge in [-0.05, 0) is 33.0 Å². The van der Waals surface area contributed by atoms with Gasteiger partial charge >= 0.3 is 5.97 Å². The Balaban J connectivity index is 1.95. The minimum atomic E-state index is -1.18. The number of hydrogen-bond acceptors (Lipinski definition) is 6. The molecule has 0 amide bonds. The van der Waals surface area contributed by atoms with Crippen LogP contribution in [0.25, 0.3) is 11.3 Å². The number of carbonyl (C=O) groups is 1. The maximum Gasteiger partial charge on any atom is 0.358 e. The van der Waals surface area contributed by atoms with Gasteiger partial charge in [-0.3, -0.25) is 5.10 Å². The Morgan fingerprint density at radius 3 is 2.86 bits per heavy atom. The first-order chi connectivity index (χ1) is 10.6. The van der Waals surface area contributed by atoms with Crippen LogP contribution in [0.1, 0.15) is 34.9 Å². The molecule has 0 spiro atoms. The first kappa shape index (κ1) is 14.5. The number of rotatable bonds is 3. The van der Waals surface area contributed by atoms with E-state index in [0.717, 1.165) is 37.2 Å². The van der Waals surface area contributed by atoms with Crippen LogP contribution in [0, 0.1) is 0 Å². The molecule has 0 radical (unpaired) electrons. The number of carboxylic acid groups (broad SMARTS) is 1. The van der Waals surface area contributed by atoms with E-state index in [0.29, 0.717) is 11.6 Å². The lowest BCUT2D eigenvalue weighted by Gasteiger charge is -2.28. The van der Waals surface area contributed by atoms with Crippen LogP contribution in [0.15, 0.2) is 12.4 Å². The van der Waals surface area contributed by atoms with Crippen LogP contribution < -0.4 is 5.73 Å². The van der Waals surface area contributed by atoms with Gasteiger partial charge in [0.05, 0.1) is 17.6 Å². The van der Waals surface area contributed by atoms with Crippen molar-refractivity contribution in [1.82, 2.24) is 25.1 Å². The molecule has 116 valence electrons. The molecule has 0 atom stereocenters. The third-order valence-electron chi connectivity index (χ3n) is 4.05. The van der Waals surface area contributed by atoms with Crippen LogP contribution in [0.3, 0.4) is 0 Å². The minimum Gasteiger partial charge on any atom is -0.476 e. The number of aromatic carboxylic acids is 1. The number of carboxylic acids is 1. The zero-order valence-corrected chi connectivity index (χ0v) is 12.3. The van der Waals surface area contributed by atoms with E-state index in [1.54, 1.807) is 6.20 Å². The summed E-state index contributed by atoms with van der Waals surface area (Å²) >= 11 is 0. The molecule has 1 aliphatic rings. The predicted molar refractivity (Wildman–Crippen MR) is 80.5 cm³/mol. The van der Waals surface area contributed by atoms with Crippen molar-refractivity contribution in [2.24, 2.45) is 0 Å². The fourth-order valence-corrected chi connectivity index (χ4v) is 2.78. The number of hydrogen-bond donors (Lipinski definition) is 3. The SMILES string of the molecule is CN1CCC(c2n[nH]cc2-c2cnc(N)c(C(=O)O)n2)CC1. The lowest BCUT2D eigenvalue weighted by Crippen LogP contribution is -2.29. The highest BCUT2D eigenvalue weighted by Gasteiger charge is 2.24. The molecule has 0 aliphatic carbocycles. The molecule has 0 saturated carbocycles. The molecule has 3 heterocycles. The third-order valence-corrected chi connectivity index (χ3v) is 4.05. The average Bonchev–Trinajstić information content (AvgIpc) is 2.97. The molecule has 1 aliphatic heterocycles. The van der Waals surface area contributed by atoms with Crippen molar-refractivity contribution in [3.63, 3.8) is 0 Å². The number of aromatic amines is 1. The summed E-state index contributed by atoms with van der Waals surface area (Å²) in [5.41, 5.74) is 7.52. The van der Waals surface area contributed by atoms with Gasteiger partial charge in [0.25, 0.3) is 0 Å². The minimum absolute atomic E-state index is 0.0828. The maximum atomic E-state index is 11.2. The fourth-order valence-electron chi connectivity index (χ4n) is 2.78. The highest BCUT2D eigenvalue weighted by atomic mass is 16.4. The number of H-pyrrole nitrogens is 1. The van der Waals surface area contributed by atoms with Gasteiger partial charge in [0.1, 0.15) is 0 Å². The van der Waals surface area contributed by atoms with Crippen LogP contribution in [0.5, 0.6) is 0 Å². The summed E-state index contributed by atoms with van der Waals surface area (Å²) in [6.07, 6.45) is 5.26. The first-order valence-electron chi connectivity index (χ1n) is 7.14. The third kappa shape index (κ3) is 2.64. The van der Waals surface area contributed by atoms with Crippen molar-refractivity contribution in [3.05, 3.63) is 23.8 Å².